The summed E-state index contributed by atoms with van der Waals surface area (Å²) in [6, 6.07) is 22.9. The largest absolute Gasteiger partial charge is 0.456 e. The number of aliphatic hydroxyl groups excluding tert-OH is 1. The van der Waals surface area contributed by atoms with Crippen molar-refractivity contribution in [1.82, 2.24) is 9.55 Å². The number of nitrogens with zero attached hydrogens (tertiary/aromatic N) is 3. The minimum atomic E-state index is -0.786. The highest BCUT2D eigenvalue weighted by Crippen LogP contribution is 2.30. The van der Waals surface area contributed by atoms with Crippen molar-refractivity contribution in [2.45, 2.75) is 12.5 Å². The number of benzene rings is 3. The van der Waals surface area contributed by atoms with Gasteiger partial charge in [0.2, 0.25) is 0 Å². The molecule has 32 heavy (non-hydrogen) atoms. The summed E-state index contributed by atoms with van der Waals surface area (Å²) >= 11 is 0. The van der Waals surface area contributed by atoms with Crippen LogP contribution in [0.15, 0.2) is 85.3 Å². The van der Waals surface area contributed by atoms with Crippen molar-refractivity contribution in [1.29, 1.82) is 5.26 Å². The molecule has 1 unspecified atom stereocenters. The zero-order valence-electron chi connectivity index (χ0n) is 17.5. The molecule has 0 bridgehead atoms. The minimum absolute atomic E-state index is 0.114. The van der Waals surface area contributed by atoms with Gasteiger partial charge in [-0.05, 0) is 29.8 Å². The van der Waals surface area contributed by atoms with E-state index >= 15 is 0 Å². The van der Waals surface area contributed by atoms with Gasteiger partial charge in [-0.3, -0.25) is 4.79 Å². The number of aliphatic hydroxyl groups is 1. The first-order chi connectivity index (χ1) is 15.5. The number of aryl methyl sites for hydroxylation is 1. The van der Waals surface area contributed by atoms with E-state index in [0.717, 1.165) is 5.69 Å². The Balaban J connectivity index is 1.59. The second-order valence-electron chi connectivity index (χ2n) is 7.41. The van der Waals surface area contributed by atoms with Gasteiger partial charge >= 0.3 is 0 Å². The second kappa shape index (κ2) is 9.29. The molecular formula is C26H21N3O3. The van der Waals surface area contributed by atoms with E-state index in [1.54, 1.807) is 67.1 Å². The third-order valence-corrected chi connectivity index (χ3v) is 5.19. The van der Waals surface area contributed by atoms with Crippen molar-refractivity contribution in [3.8, 4) is 17.6 Å². The van der Waals surface area contributed by atoms with Gasteiger partial charge in [0.25, 0.3) is 0 Å². The van der Waals surface area contributed by atoms with Gasteiger partial charge in [-0.2, -0.15) is 5.26 Å². The summed E-state index contributed by atoms with van der Waals surface area (Å²) in [5.41, 5.74) is 2.91. The number of carbonyl (C=O) groups excluding carboxylic acids is 1. The van der Waals surface area contributed by atoms with Crippen molar-refractivity contribution >= 4 is 5.78 Å². The summed E-state index contributed by atoms with van der Waals surface area (Å²) in [7, 11) is 1.87. The monoisotopic (exact) mass is 423 g/mol. The van der Waals surface area contributed by atoms with Crippen molar-refractivity contribution in [2.75, 3.05) is 0 Å². The van der Waals surface area contributed by atoms with Gasteiger partial charge in [-0.1, -0.05) is 48.5 Å². The standard InChI is InChI=1S/C26H21N3O3/c1-29-17-28-16-22(29)14-24(30)19-10-11-21(15-27)25(13-19)32-23-9-5-8-20(12-23)26(31)18-6-3-2-4-7-18/h2-13,16-17,24,30H,14H2,1H3. The zero-order valence-corrected chi connectivity index (χ0v) is 17.5. The number of carbonyl (C=O) groups is 1. The van der Waals surface area contributed by atoms with Gasteiger partial charge in [0.15, 0.2) is 5.78 Å². The van der Waals surface area contributed by atoms with E-state index in [-0.39, 0.29) is 5.78 Å². The lowest BCUT2D eigenvalue weighted by atomic mass is 10.0. The quantitative estimate of drug-likeness (QED) is 0.439. The normalized spacial score (nSPS) is 11.5. The van der Waals surface area contributed by atoms with Gasteiger partial charge in [0.05, 0.1) is 18.0 Å². The Kier molecular flexibility index (Phi) is 6.11. The predicted molar refractivity (Wildman–Crippen MR) is 119 cm³/mol. The topological polar surface area (TPSA) is 88.1 Å². The molecule has 1 heterocycles. The predicted octanol–water partition coefficient (Wildman–Crippen LogP) is 4.59. The molecule has 6 nitrogen and oxygen atoms in total. The maximum atomic E-state index is 12.7. The van der Waals surface area contributed by atoms with Crippen LogP contribution in [-0.4, -0.2) is 20.4 Å². The molecule has 1 N–H and O–H groups in total. The van der Waals surface area contributed by atoms with E-state index in [1.807, 2.05) is 29.8 Å². The number of nitriles is 1. The van der Waals surface area contributed by atoms with Gasteiger partial charge in [0, 0.05) is 36.5 Å². The van der Waals surface area contributed by atoms with Crippen LogP contribution in [0, 0.1) is 11.3 Å². The molecule has 158 valence electrons. The van der Waals surface area contributed by atoms with E-state index in [9.17, 15) is 15.2 Å². The third kappa shape index (κ3) is 4.59. The Hall–Kier alpha value is -4.21. The van der Waals surface area contributed by atoms with Crippen molar-refractivity contribution in [3.05, 3.63) is 113 Å². The molecule has 0 aliphatic carbocycles. The van der Waals surface area contributed by atoms with Crippen LogP contribution in [0.1, 0.15) is 38.8 Å². The van der Waals surface area contributed by atoms with Crippen molar-refractivity contribution in [2.24, 2.45) is 7.05 Å². The highest BCUT2D eigenvalue weighted by molar-refractivity contribution is 6.09. The number of imidazole rings is 1. The van der Waals surface area contributed by atoms with E-state index < -0.39 is 6.10 Å². The fraction of sp³-hybridized carbons (Fsp3) is 0.115. The molecule has 0 fully saturated rings. The molecule has 4 aromatic rings. The molecule has 3 aromatic carbocycles. The van der Waals surface area contributed by atoms with Gasteiger partial charge in [-0.25, -0.2) is 4.98 Å². The SMILES string of the molecule is Cn1cncc1CC(O)c1ccc(C#N)c(Oc2cccc(C(=O)c3ccccc3)c2)c1. The van der Waals surface area contributed by atoms with Crippen LogP contribution < -0.4 is 4.74 Å². The lowest BCUT2D eigenvalue weighted by molar-refractivity contribution is 0.103. The van der Waals surface area contributed by atoms with Crippen LogP contribution in [0.3, 0.4) is 0 Å². The van der Waals surface area contributed by atoms with Crippen LogP contribution in [0.4, 0.5) is 0 Å². The number of rotatable bonds is 7. The van der Waals surface area contributed by atoms with Crippen LogP contribution in [0.5, 0.6) is 11.5 Å². The smallest absolute Gasteiger partial charge is 0.193 e. The van der Waals surface area contributed by atoms with Crippen molar-refractivity contribution in [3.63, 3.8) is 0 Å². The summed E-state index contributed by atoms with van der Waals surface area (Å²) in [6.07, 6.45) is 2.98. The molecule has 4 rings (SSSR count). The highest BCUT2D eigenvalue weighted by atomic mass is 16.5. The van der Waals surface area contributed by atoms with Gasteiger partial charge in [-0.15, -0.1) is 0 Å². The van der Waals surface area contributed by atoms with Crippen LogP contribution in [-0.2, 0) is 13.5 Å². The lowest BCUT2D eigenvalue weighted by Gasteiger charge is -2.14. The Labute approximate surface area is 186 Å². The summed E-state index contributed by atoms with van der Waals surface area (Å²) < 4.78 is 7.82. The Morgan fingerprint density at radius 1 is 1.09 bits per heavy atom. The van der Waals surface area contributed by atoms with Crippen LogP contribution in [0.25, 0.3) is 0 Å². The van der Waals surface area contributed by atoms with E-state index in [4.69, 9.17) is 4.74 Å². The first-order valence-corrected chi connectivity index (χ1v) is 10.1. The number of ether oxygens (including phenoxy) is 1. The summed E-state index contributed by atoms with van der Waals surface area (Å²) in [6.45, 7) is 0. The summed E-state index contributed by atoms with van der Waals surface area (Å²) in [5.74, 6) is 0.636. The van der Waals surface area contributed by atoms with Crippen molar-refractivity contribution < 1.29 is 14.6 Å². The number of ketones is 1. The Morgan fingerprint density at radius 3 is 2.59 bits per heavy atom. The Bertz CT molecular complexity index is 1290. The molecule has 0 saturated heterocycles. The van der Waals surface area contributed by atoms with E-state index in [0.29, 0.717) is 40.2 Å². The molecule has 0 aliphatic rings. The summed E-state index contributed by atoms with van der Waals surface area (Å²) in [5, 5.41) is 20.2. The van der Waals surface area contributed by atoms with E-state index in [1.165, 1.54) is 0 Å². The maximum absolute atomic E-state index is 12.7. The van der Waals surface area contributed by atoms with Crippen LogP contribution in [0.2, 0.25) is 0 Å². The van der Waals surface area contributed by atoms with Gasteiger partial charge in [0.1, 0.15) is 17.6 Å². The molecule has 0 radical (unpaired) electrons. The summed E-state index contributed by atoms with van der Waals surface area (Å²) in [4.78, 5) is 16.8. The first-order valence-electron chi connectivity index (χ1n) is 10.1. The molecule has 1 aromatic heterocycles. The molecule has 6 heteroatoms. The first kappa shape index (κ1) is 21.0. The second-order valence-corrected chi connectivity index (χ2v) is 7.41. The number of hydrogen-bond acceptors (Lipinski definition) is 5. The highest BCUT2D eigenvalue weighted by Gasteiger charge is 2.15. The number of hydrogen-bond donors (Lipinski definition) is 1. The average molecular weight is 423 g/mol. The maximum Gasteiger partial charge on any atom is 0.193 e. The molecule has 1 atom stereocenters. The molecule has 0 spiro atoms. The van der Waals surface area contributed by atoms with Gasteiger partial charge < -0.3 is 14.4 Å². The zero-order chi connectivity index (χ0) is 22.5. The van der Waals surface area contributed by atoms with Crippen LogP contribution >= 0.6 is 0 Å². The molecule has 0 saturated carbocycles. The minimum Gasteiger partial charge on any atom is -0.456 e. The molecule has 0 aliphatic heterocycles. The molecule has 0 amide bonds. The average Bonchev–Trinajstić information content (AvgIpc) is 3.23. The fourth-order valence-corrected chi connectivity index (χ4v) is 3.40. The third-order valence-electron chi connectivity index (χ3n) is 5.19. The molecular weight excluding hydrogens is 402 g/mol. The Morgan fingerprint density at radius 2 is 1.88 bits per heavy atom. The fourth-order valence-electron chi connectivity index (χ4n) is 3.40. The number of aromatic nitrogens is 2. The lowest BCUT2D eigenvalue weighted by Crippen LogP contribution is -2.06. The van der Waals surface area contributed by atoms with E-state index in [2.05, 4.69) is 11.1 Å².